The van der Waals surface area contributed by atoms with Gasteiger partial charge < -0.3 is 0 Å². The lowest BCUT2D eigenvalue weighted by Gasteiger charge is -2.22. The van der Waals surface area contributed by atoms with Gasteiger partial charge >= 0.3 is 0 Å². The molecule has 0 aliphatic carbocycles. The molecule has 0 atom stereocenters. The van der Waals surface area contributed by atoms with Crippen molar-refractivity contribution in [3.8, 4) is 0 Å². The second-order valence-corrected chi connectivity index (χ2v) is 3.63. The molecule has 1 aliphatic rings. The predicted octanol–water partition coefficient (Wildman–Crippen LogP) is 3.38. The molecule has 0 aromatic heterocycles. The van der Waals surface area contributed by atoms with Crippen LogP contribution in [0.3, 0.4) is 0 Å². The van der Waals surface area contributed by atoms with Gasteiger partial charge in [-0.2, -0.15) is 0 Å². The van der Waals surface area contributed by atoms with Crippen LogP contribution in [0, 0.1) is 0 Å². The average molecular weight is 269 g/mol. The topological polar surface area (TPSA) is 3.24 Å². The Morgan fingerprint density at radius 3 is 2.75 bits per heavy atom. The quantitative estimate of drug-likeness (QED) is 0.515. The van der Waals surface area contributed by atoms with E-state index in [1.807, 2.05) is 18.2 Å². The van der Waals surface area contributed by atoms with Gasteiger partial charge in [0.05, 0.1) is 28.6 Å². The van der Waals surface area contributed by atoms with Crippen LogP contribution in [0.15, 0.2) is 42.6 Å². The molecule has 1 aromatic carbocycles. The molecule has 0 N–H and O–H groups in total. The number of nitrogens with zero attached hydrogens (tertiary/aromatic N) is 1. The molecular weight excluding hydrogens is 261 g/mol. The Kier molecular flexibility index (Phi) is 1.92. The summed E-state index contributed by atoms with van der Waals surface area (Å²) in [4.78, 5) is 0. The largest absolute Gasteiger partial charge is 0.283 e. The summed E-state index contributed by atoms with van der Waals surface area (Å²) in [6, 6.07) is 8.28. The van der Waals surface area contributed by atoms with E-state index in [9.17, 15) is 0 Å². The van der Waals surface area contributed by atoms with Crippen LogP contribution in [-0.2, 0) is 0 Å². The van der Waals surface area contributed by atoms with E-state index in [0.29, 0.717) is 0 Å². The molecule has 0 radical (unpaired) electrons. The lowest BCUT2D eigenvalue weighted by atomic mass is 10.1. The van der Waals surface area contributed by atoms with E-state index in [2.05, 4.69) is 50.8 Å². The maximum absolute atomic E-state index is 3.93. The molecule has 0 fully saturated rings. The fourth-order valence-corrected chi connectivity index (χ4v) is 1.81. The number of para-hydroxylation sites is 1. The van der Waals surface area contributed by atoms with Gasteiger partial charge in [-0.1, -0.05) is 30.9 Å². The molecule has 0 bridgehead atoms. The van der Waals surface area contributed by atoms with Gasteiger partial charge in [-0.25, -0.2) is 0 Å². The summed E-state index contributed by atoms with van der Waals surface area (Å²) in [6.45, 7) is 3.93. The minimum absolute atomic E-state index is 1.02. The molecule has 60 valence electrons. The molecule has 0 unspecified atom stereocenters. The molecule has 1 aromatic rings. The fourth-order valence-electron chi connectivity index (χ4n) is 1.21. The Morgan fingerprint density at radius 2 is 1.92 bits per heavy atom. The van der Waals surface area contributed by atoms with Gasteiger partial charge in [0.15, 0.2) is 0 Å². The number of allylic oxidation sites excluding steroid dienone is 1. The standard InChI is InChI=1S/C10H8IN/c1-8-6-7-9-4-2-3-5-10(9)12(8)11/h2-7H,1H2. The Balaban J connectivity index is 2.59. The van der Waals surface area contributed by atoms with E-state index in [-0.39, 0.29) is 0 Å². The summed E-state index contributed by atoms with van der Waals surface area (Å²) >= 11 is 2.26. The van der Waals surface area contributed by atoms with Crippen molar-refractivity contribution in [1.82, 2.24) is 0 Å². The number of anilines is 1. The second kappa shape index (κ2) is 2.94. The van der Waals surface area contributed by atoms with E-state index in [1.54, 1.807) is 0 Å². The molecule has 2 heteroatoms. The van der Waals surface area contributed by atoms with Crippen molar-refractivity contribution in [2.75, 3.05) is 3.11 Å². The number of fused-ring (bicyclic) bond motifs is 1. The third kappa shape index (κ3) is 1.16. The van der Waals surface area contributed by atoms with E-state index in [4.69, 9.17) is 0 Å². The Labute approximate surface area is 85.9 Å². The van der Waals surface area contributed by atoms with Gasteiger partial charge in [0, 0.05) is 5.70 Å². The van der Waals surface area contributed by atoms with Gasteiger partial charge in [-0.15, -0.1) is 0 Å². The molecule has 0 amide bonds. The van der Waals surface area contributed by atoms with Gasteiger partial charge in [0.1, 0.15) is 0 Å². The maximum Gasteiger partial charge on any atom is 0.0646 e. The van der Waals surface area contributed by atoms with Crippen molar-refractivity contribution < 1.29 is 0 Å². The summed E-state index contributed by atoms with van der Waals surface area (Å²) in [5.74, 6) is 0. The van der Waals surface area contributed by atoms with E-state index in [0.717, 1.165) is 5.70 Å². The van der Waals surface area contributed by atoms with E-state index >= 15 is 0 Å². The van der Waals surface area contributed by atoms with Crippen LogP contribution >= 0.6 is 22.9 Å². The van der Waals surface area contributed by atoms with Crippen molar-refractivity contribution in [3.05, 3.63) is 48.2 Å². The number of hydrogen-bond donors (Lipinski definition) is 0. The number of hydrogen-bond acceptors (Lipinski definition) is 1. The van der Waals surface area contributed by atoms with Crippen LogP contribution in [-0.4, -0.2) is 0 Å². The SMILES string of the molecule is C=C1C=Cc2ccccc2N1I. The zero-order valence-electron chi connectivity index (χ0n) is 6.50. The Morgan fingerprint density at radius 1 is 1.17 bits per heavy atom. The van der Waals surface area contributed by atoms with E-state index < -0.39 is 0 Å². The molecule has 1 aliphatic heterocycles. The third-order valence-corrected chi connectivity index (χ3v) is 3.00. The highest BCUT2D eigenvalue weighted by Crippen LogP contribution is 2.32. The van der Waals surface area contributed by atoms with Gasteiger partial charge in [-0.3, -0.25) is 3.11 Å². The second-order valence-electron chi connectivity index (χ2n) is 2.66. The molecule has 1 heterocycles. The summed E-state index contributed by atoms with van der Waals surface area (Å²) in [6.07, 6.45) is 4.11. The van der Waals surface area contributed by atoms with E-state index in [1.165, 1.54) is 11.3 Å². The van der Waals surface area contributed by atoms with Crippen LogP contribution in [0.25, 0.3) is 6.08 Å². The highest BCUT2D eigenvalue weighted by Gasteiger charge is 2.11. The first-order valence-corrected chi connectivity index (χ1v) is 4.67. The van der Waals surface area contributed by atoms with Crippen LogP contribution in [0.4, 0.5) is 5.69 Å². The monoisotopic (exact) mass is 269 g/mol. The Bertz CT molecular complexity index is 355. The minimum Gasteiger partial charge on any atom is -0.283 e. The minimum atomic E-state index is 1.02. The van der Waals surface area contributed by atoms with Crippen molar-refractivity contribution in [3.63, 3.8) is 0 Å². The average Bonchev–Trinajstić information content (AvgIpc) is 2.12. The zero-order valence-corrected chi connectivity index (χ0v) is 8.65. The first-order valence-electron chi connectivity index (χ1n) is 3.71. The molecule has 0 saturated heterocycles. The summed E-state index contributed by atoms with van der Waals surface area (Å²) < 4.78 is 2.06. The molecule has 2 rings (SSSR count). The third-order valence-electron chi connectivity index (χ3n) is 1.86. The van der Waals surface area contributed by atoms with Crippen LogP contribution < -0.4 is 3.11 Å². The normalized spacial score (nSPS) is 14.8. The van der Waals surface area contributed by atoms with Crippen molar-refractivity contribution >= 4 is 34.6 Å². The summed E-state index contributed by atoms with van der Waals surface area (Å²) in [5.41, 5.74) is 3.49. The molecule has 0 spiro atoms. The lowest BCUT2D eigenvalue weighted by molar-refractivity contribution is 1.37. The highest BCUT2D eigenvalue weighted by molar-refractivity contribution is 14.1. The molecule has 1 nitrogen and oxygen atoms in total. The smallest absolute Gasteiger partial charge is 0.0646 e. The first kappa shape index (κ1) is 7.86. The fraction of sp³-hybridized carbons (Fsp3) is 0. The number of benzene rings is 1. The first-order chi connectivity index (χ1) is 5.79. The summed E-state index contributed by atoms with van der Waals surface area (Å²) in [5, 5.41) is 0. The molecule has 0 saturated carbocycles. The van der Waals surface area contributed by atoms with Crippen molar-refractivity contribution in [2.24, 2.45) is 0 Å². The molecule has 12 heavy (non-hydrogen) atoms. The number of halogens is 1. The predicted molar refractivity (Wildman–Crippen MR) is 61.1 cm³/mol. The lowest BCUT2D eigenvalue weighted by Crippen LogP contribution is -2.09. The summed E-state index contributed by atoms with van der Waals surface area (Å²) in [7, 11) is 0. The van der Waals surface area contributed by atoms with Crippen LogP contribution in [0.5, 0.6) is 0 Å². The van der Waals surface area contributed by atoms with Crippen LogP contribution in [0.2, 0.25) is 0 Å². The molecular formula is C10H8IN. The van der Waals surface area contributed by atoms with Gasteiger partial charge in [-0.05, 0) is 17.7 Å². The van der Waals surface area contributed by atoms with Gasteiger partial charge in [0.2, 0.25) is 0 Å². The zero-order chi connectivity index (χ0) is 8.55. The number of rotatable bonds is 0. The van der Waals surface area contributed by atoms with Gasteiger partial charge in [0.25, 0.3) is 0 Å². The highest BCUT2D eigenvalue weighted by atomic mass is 127. The van der Waals surface area contributed by atoms with Crippen molar-refractivity contribution in [1.29, 1.82) is 0 Å². The van der Waals surface area contributed by atoms with Crippen LogP contribution in [0.1, 0.15) is 5.56 Å². The maximum atomic E-state index is 3.93. The van der Waals surface area contributed by atoms with Crippen molar-refractivity contribution in [2.45, 2.75) is 0 Å². The Hall–Kier alpha value is -0.770.